The molecule has 2 atom stereocenters. The fraction of sp³-hybridized carbons (Fsp3) is 0.267. The second kappa shape index (κ2) is 7.21. The summed E-state index contributed by atoms with van der Waals surface area (Å²) < 4.78 is 32.1. The number of carbonyl (C=O) groups is 2. The van der Waals surface area contributed by atoms with Crippen molar-refractivity contribution in [3.05, 3.63) is 39.5 Å². The Labute approximate surface area is 175 Å². The molecule has 146 valence electrons. The summed E-state index contributed by atoms with van der Waals surface area (Å²) in [6, 6.07) is 5.45. The molecule has 1 aliphatic rings. The van der Waals surface area contributed by atoms with Crippen molar-refractivity contribution in [3.63, 3.8) is 0 Å². The lowest BCUT2D eigenvalue weighted by Gasteiger charge is -2.07. The largest absolute Gasteiger partial charge is 0.423 e. The molecule has 1 fully saturated rings. The molecule has 9 nitrogen and oxygen atoms in total. The van der Waals surface area contributed by atoms with Crippen molar-refractivity contribution >= 4 is 70.2 Å². The van der Waals surface area contributed by atoms with Crippen LogP contribution in [0, 0.1) is 0 Å². The molecule has 13 heteroatoms. The van der Waals surface area contributed by atoms with E-state index in [2.05, 4.69) is 36.4 Å². The maximum absolute atomic E-state index is 12.4. The van der Waals surface area contributed by atoms with Crippen LogP contribution in [-0.2, 0) is 21.1 Å². The average molecular weight is 503 g/mol. The number of thiazole rings is 1. The number of halogens is 1. The number of sulfone groups is 1. The highest BCUT2D eigenvalue weighted by atomic mass is 79.9. The molecule has 28 heavy (non-hydrogen) atoms. The van der Waals surface area contributed by atoms with Crippen molar-refractivity contribution in [1.29, 1.82) is 0 Å². The standard InChI is InChI=1S/C15H11BrN4O5S3/c1-28(23,24)11(14-17-7-3-2-6(16)4-8(7)26-14)13-20-19-10(25-13)5-9-12(21)18-15(22)27-9/h2-4,9,11H,5H2,1H3,(H,18,21,22). The van der Waals surface area contributed by atoms with Gasteiger partial charge in [-0.3, -0.25) is 14.9 Å². The molecular weight excluding hydrogens is 492 g/mol. The Hall–Kier alpha value is -1.83. The van der Waals surface area contributed by atoms with E-state index in [1.54, 1.807) is 6.07 Å². The van der Waals surface area contributed by atoms with Crippen LogP contribution in [0.2, 0.25) is 0 Å². The van der Waals surface area contributed by atoms with Crippen LogP contribution in [0.1, 0.15) is 22.0 Å². The zero-order chi connectivity index (χ0) is 20.1. The first kappa shape index (κ1) is 19.5. The Bertz CT molecular complexity index is 1210. The van der Waals surface area contributed by atoms with Crippen LogP contribution < -0.4 is 5.32 Å². The molecule has 3 aromatic rings. The first-order valence-electron chi connectivity index (χ1n) is 7.79. The van der Waals surface area contributed by atoms with Gasteiger partial charge >= 0.3 is 0 Å². The van der Waals surface area contributed by atoms with Crippen LogP contribution >= 0.6 is 39.0 Å². The van der Waals surface area contributed by atoms with Crippen LogP contribution in [0.5, 0.6) is 0 Å². The second-order valence-corrected chi connectivity index (χ2v) is 11.3. The molecule has 0 aliphatic carbocycles. The first-order chi connectivity index (χ1) is 13.2. The van der Waals surface area contributed by atoms with Gasteiger partial charge in [0.1, 0.15) is 10.3 Å². The average Bonchev–Trinajstić information content (AvgIpc) is 3.26. The lowest BCUT2D eigenvalue weighted by molar-refractivity contribution is -0.119. The summed E-state index contributed by atoms with van der Waals surface area (Å²) in [6.07, 6.45) is 1.10. The van der Waals surface area contributed by atoms with Gasteiger partial charge in [-0.15, -0.1) is 21.5 Å². The van der Waals surface area contributed by atoms with E-state index >= 15 is 0 Å². The highest BCUT2D eigenvalue weighted by Crippen LogP contribution is 2.36. The molecule has 1 aromatic carbocycles. The maximum atomic E-state index is 12.4. The monoisotopic (exact) mass is 502 g/mol. The van der Waals surface area contributed by atoms with Gasteiger partial charge in [-0.2, -0.15) is 0 Å². The second-order valence-electron chi connectivity index (χ2n) is 6.00. The number of nitrogens with zero attached hydrogens (tertiary/aromatic N) is 3. The minimum Gasteiger partial charge on any atom is -0.423 e. The van der Waals surface area contributed by atoms with Crippen LogP contribution in [0.4, 0.5) is 4.79 Å². The number of rotatable bonds is 5. The van der Waals surface area contributed by atoms with E-state index in [0.717, 1.165) is 27.2 Å². The van der Waals surface area contributed by atoms with E-state index < -0.39 is 31.5 Å². The molecule has 0 radical (unpaired) electrons. The summed E-state index contributed by atoms with van der Waals surface area (Å²) in [5, 5.41) is 7.87. The maximum Gasteiger partial charge on any atom is 0.286 e. The Kier molecular flexibility index (Phi) is 5.02. The van der Waals surface area contributed by atoms with Crippen molar-refractivity contribution in [3.8, 4) is 0 Å². The highest BCUT2D eigenvalue weighted by Gasteiger charge is 2.36. The molecule has 0 bridgehead atoms. The zero-order valence-corrected chi connectivity index (χ0v) is 18.1. The number of hydrogen-bond acceptors (Lipinski definition) is 10. The first-order valence-corrected chi connectivity index (χ1v) is 12.2. The van der Waals surface area contributed by atoms with Crippen molar-refractivity contribution in [2.24, 2.45) is 0 Å². The summed E-state index contributed by atoms with van der Waals surface area (Å²) >= 11 is 5.43. The van der Waals surface area contributed by atoms with Crippen LogP contribution in [0.3, 0.4) is 0 Å². The molecule has 2 unspecified atom stereocenters. The molecular formula is C15H11BrN4O5S3. The third kappa shape index (κ3) is 3.83. The molecule has 2 aromatic heterocycles. The van der Waals surface area contributed by atoms with E-state index in [-0.39, 0.29) is 18.2 Å². The number of amides is 2. The van der Waals surface area contributed by atoms with E-state index in [1.165, 1.54) is 11.3 Å². The molecule has 4 rings (SSSR count). The predicted molar refractivity (Wildman–Crippen MR) is 107 cm³/mol. The van der Waals surface area contributed by atoms with Crippen molar-refractivity contribution in [2.45, 2.75) is 16.9 Å². The third-order valence-electron chi connectivity index (χ3n) is 3.85. The summed E-state index contributed by atoms with van der Waals surface area (Å²) in [6.45, 7) is 0. The molecule has 0 spiro atoms. The van der Waals surface area contributed by atoms with E-state index in [9.17, 15) is 18.0 Å². The lowest BCUT2D eigenvalue weighted by Crippen LogP contribution is -2.25. The van der Waals surface area contributed by atoms with Crippen LogP contribution in [0.15, 0.2) is 27.1 Å². The quantitative estimate of drug-likeness (QED) is 0.558. The fourth-order valence-corrected chi connectivity index (χ4v) is 6.49. The number of imide groups is 1. The summed E-state index contributed by atoms with van der Waals surface area (Å²) in [4.78, 5) is 27.4. The fourth-order valence-electron chi connectivity index (χ4n) is 2.64. The molecule has 3 heterocycles. The smallest absolute Gasteiger partial charge is 0.286 e. The van der Waals surface area contributed by atoms with Crippen molar-refractivity contribution < 1.29 is 22.4 Å². The predicted octanol–water partition coefficient (Wildman–Crippen LogP) is 2.47. The highest BCUT2D eigenvalue weighted by molar-refractivity contribution is 9.10. The molecule has 2 amide bonds. The minimum atomic E-state index is -3.66. The number of fused-ring (bicyclic) bond motifs is 1. The molecule has 1 saturated heterocycles. The Morgan fingerprint density at radius 1 is 1.32 bits per heavy atom. The molecule has 1 aliphatic heterocycles. The van der Waals surface area contributed by atoms with E-state index in [4.69, 9.17) is 4.42 Å². The number of benzene rings is 1. The summed E-state index contributed by atoms with van der Waals surface area (Å²) in [5.41, 5.74) is 0.661. The third-order valence-corrected chi connectivity index (χ3v) is 7.84. The minimum absolute atomic E-state index is 0.0263. The number of thioether (sulfide) groups is 1. The zero-order valence-electron chi connectivity index (χ0n) is 14.1. The SMILES string of the molecule is CS(=O)(=O)C(c1nnc(CC2SC(=O)NC2=O)o1)c1nc2ccc(Br)cc2s1. The molecule has 0 saturated carbocycles. The summed E-state index contributed by atoms with van der Waals surface area (Å²) in [7, 11) is -3.66. The van der Waals surface area contributed by atoms with Gasteiger partial charge in [-0.05, 0) is 18.2 Å². The number of hydrogen-bond donors (Lipinski definition) is 1. The Morgan fingerprint density at radius 2 is 2.11 bits per heavy atom. The summed E-state index contributed by atoms with van der Waals surface area (Å²) in [5.74, 6) is -0.480. The van der Waals surface area contributed by atoms with Gasteiger partial charge in [0.05, 0.1) is 10.2 Å². The van der Waals surface area contributed by atoms with Gasteiger partial charge in [0.2, 0.25) is 17.7 Å². The van der Waals surface area contributed by atoms with Gasteiger partial charge in [0.15, 0.2) is 15.1 Å². The van der Waals surface area contributed by atoms with E-state index in [0.29, 0.717) is 10.5 Å². The van der Waals surface area contributed by atoms with Gasteiger partial charge < -0.3 is 4.42 Å². The van der Waals surface area contributed by atoms with Gasteiger partial charge in [-0.1, -0.05) is 27.7 Å². The Balaban J connectivity index is 1.68. The lowest BCUT2D eigenvalue weighted by atomic mass is 10.3. The Morgan fingerprint density at radius 3 is 2.79 bits per heavy atom. The molecule has 1 N–H and O–H groups in total. The normalized spacial score (nSPS) is 18.6. The van der Waals surface area contributed by atoms with Gasteiger partial charge in [0.25, 0.3) is 5.24 Å². The van der Waals surface area contributed by atoms with Crippen molar-refractivity contribution in [2.75, 3.05) is 6.26 Å². The number of aromatic nitrogens is 3. The van der Waals surface area contributed by atoms with Crippen LogP contribution in [-0.4, -0.2) is 46.3 Å². The van der Waals surface area contributed by atoms with Gasteiger partial charge in [-0.25, -0.2) is 13.4 Å². The van der Waals surface area contributed by atoms with Crippen molar-refractivity contribution in [1.82, 2.24) is 20.5 Å². The van der Waals surface area contributed by atoms with Gasteiger partial charge in [0, 0.05) is 17.1 Å². The topological polar surface area (TPSA) is 132 Å². The number of nitrogens with one attached hydrogen (secondary N) is 1. The van der Waals surface area contributed by atoms with Crippen LogP contribution in [0.25, 0.3) is 10.2 Å². The number of carbonyl (C=O) groups excluding carboxylic acids is 2. The van der Waals surface area contributed by atoms with E-state index in [1.807, 2.05) is 12.1 Å².